The Morgan fingerprint density at radius 2 is 1.77 bits per heavy atom. The van der Waals surface area contributed by atoms with Crippen molar-refractivity contribution in [3.63, 3.8) is 0 Å². The van der Waals surface area contributed by atoms with Crippen LogP contribution in [0.2, 0.25) is 0 Å². The summed E-state index contributed by atoms with van der Waals surface area (Å²) in [5.41, 5.74) is 3.39. The van der Waals surface area contributed by atoms with Crippen molar-refractivity contribution in [2.75, 3.05) is 13.1 Å². The molecule has 5 heteroatoms. The Kier molecular flexibility index (Phi) is 5.07. The summed E-state index contributed by atoms with van der Waals surface area (Å²) in [5, 5.41) is 16.5. The molecule has 1 aliphatic heterocycles. The van der Waals surface area contributed by atoms with Crippen molar-refractivity contribution >= 4 is 10.9 Å². The van der Waals surface area contributed by atoms with Gasteiger partial charge < -0.3 is 9.63 Å². The summed E-state index contributed by atoms with van der Waals surface area (Å²) in [6.07, 6.45) is 3.78. The molecule has 3 heterocycles. The Morgan fingerprint density at radius 1 is 0.967 bits per heavy atom. The fourth-order valence-corrected chi connectivity index (χ4v) is 4.31. The van der Waals surface area contributed by atoms with E-state index in [-0.39, 0.29) is 0 Å². The van der Waals surface area contributed by atoms with E-state index >= 15 is 0 Å². The molecular weight excluding hydrogens is 374 g/mol. The summed E-state index contributed by atoms with van der Waals surface area (Å²) in [7, 11) is 0. The van der Waals surface area contributed by atoms with Crippen LogP contribution in [0.3, 0.4) is 0 Å². The second-order valence-corrected chi connectivity index (χ2v) is 8.21. The maximum Gasteiger partial charge on any atom is 0.140 e. The van der Waals surface area contributed by atoms with E-state index in [1.165, 1.54) is 10.9 Å². The molecular formula is C25H25N3O2. The van der Waals surface area contributed by atoms with Gasteiger partial charge in [0, 0.05) is 49.3 Å². The average Bonchev–Trinajstić information content (AvgIpc) is 3.24. The van der Waals surface area contributed by atoms with Crippen molar-refractivity contribution in [2.24, 2.45) is 0 Å². The molecule has 0 unspecified atom stereocenters. The highest BCUT2D eigenvalue weighted by Gasteiger charge is 2.34. The quantitative estimate of drug-likeness (QED) is 0.537. The zero-order valence-electron chi connectivity index (χ0n) is 16.9. The highest BCUT2D eigenvalue weighted by Crippen LogP contribution is 2.29. The summed E-state index contributed by atoms with van der Waals surface area (Å²) in [6, 6.07) is 22.3. The van der Waals surface area contributed by atoms with E-state index in [9.17, 15) is 5.11 Å². The van der Waals surface area contributed by atoms with Gasteiger partial charge in [0.05, 0.1) is 11.1 Å². The van der Waals surface area contributed by atoms with Gasteiger partial charge in [0.1, 0.15) is 11.5 Å². The van der Waals surface area contributed by atoms with Crippen LogP contribution in [0.1, 0.15) is 24.2 Å². The van der Waals surface area contributed by atoms with Gasteiger partial charge in [-0.2, -0.15) is 0 Å². The molecule has 5 rings (SSSR count). The third-order valence-electron chi connectivity index (χ3n) is 6.03. The molecule has 152 valence electrons. The Bertz CT molecular complexity index is 1130. The zero-order chi connectivity index (χ0) is 20.4. The van der Waals surface area contributed by atoms with Crippen LogP contribution < -0.4 is 0 Å². The Labute approximate surface area is 176 Å². The number of rotatable bonds is 5. The molecule has 0 aliphatic carbocycles. The van der Waals surface area contributed by atoms with Crippen molar-refractivity contribution in [2.45, 2.75) is 31.4 Å². The molecule has 2 aromatic carbocycles. The van der Waals surface area contributed by atoms with Gasteiger partial charge in [-0.15, -0.1) is 0 Å². The second-order valence-electron chi connectivity index (χ2n) is 8.21. The van der Waals surface area contributed by atoms with Crippen LogP contribution in [0.5, 0.6) is 0 Å². The first kappa shape index (κ1) is 19.0. The van der Waals surface area contributed by atoms with Crippen LogP contribution in [0, 0.1) is 0 Å². The van der Waals surface area contributed by atoms with E-state index in [1.807, 2.05) is 48.7 Å². The van der Waals surface area contributed by atoms with Gasteiger partial charge in [0.25, 0.3) is 0 Å². The van der Waals surface area contributed by atoms with E-state index in [2.05, 4.69) is 39.3 Å². The molecule has 0 amide bonds. The molecule has 1 aliphatic rings. The summed E-state index contributed by atoms with van der Waals surface area (Å²) >= 11 is 0. The number of hydrogen-bond donors (Lipinski definition) is 1. The molecule has 1 saturated heterocycles. The first-order valence-corrected chi connectivity index (χ1v) is 10.5. The number of piperidine rings is 1. The van der Waals surface area contributed by atoms with Crippen LogP contribution in [0.25, 0.3) is 22.2 Å². The average molecular weight is 399 g/mol. The number of fused-ring (bicyclic) bond motifs is 1. The number of aliphatic hydroxyl groups is 1. The highest BCUT2D eigenvalue weighted by atomic mass is 16.5. The van der Waals surface area contributed by atoms with Gasteiger partial charge in [-0.25, -0.2) is 0 Å². The molecule has 0 saturated carbocycles. The lowest BCUT2D eigenvalue weighted by Gasteiger charge is -2.37. The Morgan fingerprint density at radius 3 is 2.60 bits per heavy atom. The Balaban J connectivity index is 1.22. The minimum Gasteiger partial charge on any atom is -0.389 e. The van der Waals surface area contributed by atoms with Gasteiger partial charge in [-0.1, -0.05) is 59.8 Å². The third-order valence-corrected chi connectivity index (χ3v) is 6.03. The maximum absolute atomic E-state index is 11.1. The molecule has 0 spiro atoms. The minimum absolute atomic E-state index is 0.497. The van der Waals surface area contributed by atoms with Gasteiger partial charge in [0.2, 0.25) is 0 Å². The van der Waals surface area contributed by atoms with Crippen LogP contribution in [-0.4, -0.2) is 38.8 Å². The van der Waals surface area contributed by atoms with Crippen molar-refractivity contribution in [3.05, 3.63) is 84.3 Å². The first-order chi connectivity index (χ1) is 14.7. The molecule has 1 N–H and O–H groups in total. The molecule has 1 fully saturated rings. The summed E-state index contributed by atoms with van der Waals surface area (Å²) in [4.78, 5) is 6.96. The number of para-hydroxylation sites is 1. The standard InChI is InChI=1S/C25H25N3O2/c29-25(17-22-16-23(27-30-22)19-6-2-1-3-7-19)11-14-28(15-12-25)18-21-9-4-8-20-10-5-13-26-24(20)21/h1-10,13,16,29H,11-12,14-15,17-18H2. The molecule has 5 nitrogen and oxygen atoms in total. The topological polar surface area (TPSA) is 62.4 Å². The van der Waals surface area contributed by atoms with Crippen molar-refractivity contribution in [1.29, 1.82) is 0 Å². The van der Waals surface area contributed by atoms with Gasteiger partial charge in [0.15, 0.2) is 0 Å². The lowest BCUT2D eigenvalue weighted by molar-refractivity contribution is -0.0264. The third kappa shape index (κ3) is 3.99. The van der Waals surface area contributed by atoms with Crippen molar-refractivity contribution in [1.82, 2.24) is 15.0 Å². The van der Waals surface area contributed by atoms with Gasteiger partial charge in [-0.05, 0) is 24.5 Å². The summed E-state index contributed by atoms with van der Waals surface area (Å²) in [6.45, 7) is 2.55. The maximum atomic E-state index is 11.1. The molecule has 0 atom stereocenters. The van der Waals surface area contributed by atoms with Crippen LogP contribution in [0.15, 0.2) is 77.4 Å². The number of hydrogen-bond acceptors (Lipinski definition) is 5. The van der Waals surface area contributed by atoms with Crippen LogP contribution >= 0.6 is 0 Å². The van der Waals surface area contributed by atoms with E-state index in [0.717, 1.165) is 42.2 Å². The van der Waals surface area contributed by atoms with Crippen LogP contribution in [-0.2, 0) is 13.0 Å². The Hall–Kier alpha value is -3.02. The normalized spacial score (nSPS) is 16.7. The number of aromatic nitrogens is 2. The second kappa shape index (κ2) is 8.01. The first-order valence-electron chi connectivity index (χ1n) is 10.5. The molecule has 2 aromatic heterocycles. The van der Waals surface area contributed by atoms with Crippen molar-refractivity contribution in [3.8, 4) is 11.3 Å². The number of pyridine rings is 1. The monoisotopic (exact) mass is 399 g/mol. The molecule has 4 aromatic rings. The smallest absolute Gasteiger partial charge is 0.140 e. The zero-order valence-corrected chi connectivity index (χ0v) is 16.9. The van der Waals surface area contributed by atoms with E-state index in [0.29, 0.717) is 19.3 Å². The summed E-state index contributed by atoms with van der Waals surface area (Å²) < 4.78 is 5.53. The molecule has 0 bridgehead atoms. The van der Waals surface area contributed by atoms with Gasteiger partial charge in [-0.3, -0.25) is 9.88 Å². The fraction of sp³-hybridized carbons (Fsp3) is 0.280. The highest BCUT2D eigenvalue weighted by molar-refractivity contribution is 5.81. The lowest BCUT2D eigenvalue weighted by atomic mass is 9.87. The number of likely N-dealkylation sites (tertiary alicyclic amines) is 1. The number of benzene rings is 2. The van der Waals surface area contributed by atoms with E-state index in [1.54, 1.807) is 0 Å². The van der Waals surface area contributed by atoms with Gasteiger partial charge >= 0.3 is 0 Å². The molecule has 30 heavy (non-hydrogen) atoms. The summed E-state index contributed by atoms with van der Waals surface area (Å²) in [5.74, 6) is 0.739. The minimum atomic E-state index is -0.749. The van der Waals surface area contributed by atoms with E-state index < -0.39 is 5.60 Å². The van der Waals surface area contributed by atoms with E-state index in [4.69, 9.17) is 4.52 Å². The largest absolute Gasteiger partial charge is 0.389 e. The van der Waals surface area contributed by atoms with Crippen LogP contribution in [0.4, 0.5) is 0 Å². The lowest BCUT2D eigenvalue weighted by Crippen LogP contribution is -2.45. The predicted molar refractivity (Wildman–Crippen MR) is 117 cm³/mol. The molecule has 0 radical (unpaired) electrons. The fourth-order valence-electron chi connectivity index (χ4n) is 4.31. The van der Waals surface area contributed by atoms with Crippen molar-refractivity contribution < 1.29 is 9.63 Å². The predicted octanol–water partition coefficient (Wildman–Crippen LogP) is 4.46. The number of nitrogens with zero attached hydrogens (tertiary/aromatic N) is 3. The SMILES string of the molecule is OC1(Cc2cc(-c3ccccc3)no2)CCN(Cc2cccc3cccnc23)CC1.